The fourth-order valence-electron chi connectivity index (χ4n) is 1.37. The Bertz CT molecular complexity index is 509. The van der Waals surface area contributed by atoms with E-state index < -0.39 is 5.97 Å². The van der Waals surface area contributed by atoms with Gasteiger partial charge in [-0.1, -0.05) is 17.7 Å². The van der Waals surface area contributed by atoms with Crippen LogP contribution in [-0.4, -0.2) is 23.0 Å². The number of nitrogens with one attached hydrogen (secondary N) is 1. The SMILES string of the molecule is COC(=O)c1ccc(-c2cnc[nH]2)cc1Cl. The average molecular weight is 237 g/mol. The first-order valence-corrected chi connectivity index (χ1v) is 4.97. The van der Waals surface area contributed by atoms with E-state index in [0.29, 0.717) is 10.6 Å². The van der Waals surface area contributed by atoms with Crippen LogP contribution < -0.4 is 0 Å². The van der Waals surface area contributed by atoms with Crippen LogP contribution in [0.25, 0.3) is 11.3 Å². The van der Waals surface area contributed by atoms with Crippen molar-refractivity contribution in [3.05, 3.63) is 41.3 Å². The zero-order valence-electron chi connectivity index (χ0n) is 8.53. The van der Waals surface area contributed by atoms with Crippen molar-refractivity contribution >= 4 is 17.6 Å². The highest BCUT2D eigenvalue weighted by atomic mass is 35.5. The van der Waals surface area contributed by atoms with Gasteiger partial charge in [-0.05, 0) is 12.1 Å². The summed E-state index contributed by atoms with van der Waals surface area (Å²) in [5.41, 5.74) is 2.07. The first kappa shape index (κ1) is 10.7. The van der Waals surface area contributed by atoms with E-state index >= 15 is 0 Å². The van der Waals surface area contributed by atoms with Crippen molar-refractivity contribution < 1.29 is 9.53 Å². The molecule has 1 heterocycles. The number of aromatic amines is 1. The van der Waals surface area contributed by atoms with Gasteiger partial charge < -0.3 is 9.72 Å². The molecule has 5 heteroatoms. The topological polar surface area (TPSA) is 55.0 Å². The molecular formula is C11H9ClN2O2. The summed E-state index contributed by atoms with van der Waals surface area (Å²) in [4.78, 5) is 18.2. The number of benzene rings is 1. The number of aromatic nitrogens is 2. The molecule has 0 fully saturated rings. The molecule has 2 rings (SSSR count). The number of carbonyl (C=O) groups is 1. The van der Waals surface area contributed by atoms with Crippen molar-refractivity contribution in [2.24, 2.45) is 0 Å². The fourth-order valence-corrected chi connectivity index (χ4v) is 1.63. The first-order chi connectivity index (χ1) is 7.72. The standard InChI is InChI=1S/C11H9ClN2O2/c1-16-11(15)8-3-2-7(4-9(8)12)10-5-13-6-14-10/h2-6H,1H3,(H,13,14). The van der Waals surface area contributed by atoms with Gasteiger partial charge >= 0.3 is 5.97 Å². The second-order valence-corrected chi connectivity index (χ2v) is 3.56. The highest BCUT2D eigenvalue weighted by Crippen LogP contribution is 2.24. The van der Waals surface area contributed by atoms with Crippen LogP contribution >= 0.6 is 11.6 Å². The third kappa shape index (κ3) is 1.92. The molecule has 1 aromatic carbocycles. The van der Waals surface area contributed by atoms with Crippen molar-refractivity contribution in [1.82, 2.24) is 9.97 Å². The highest BCUT2D eigenvalue weighted by Gasteiger charge is 2.11. The van der Waals surface area contributed by atoms with Crippen LogP contribution in [0.1, 0.15) is 10.4 Å². The van der Waals surface area contributed by atoms with Gasteiger partial charge in [0.05, 0.1) is 35.9 Å². The molecule has 1 aromatic heterocycles. The predicted octanol–water partition coefficient (Wildman–Crippen LogP) is 2.52. The minimum Gasteiger partial charge on any atom is -0.465 e. The lowest BCUT2D eigenvalue weighted by molar-refractivity contribution is 0.0601. The lowest BCUT2D eigenvalue weighted by Gasteiger charge is -2.04. The number of carbonyl (C=O) groups excluding carboxylic acids is 1. The van der Waals surface area contributed by atoms with E-state index in [4.69, 9.17) is 11.6 Å². The second kappa shape index (κ2) is 4.37. The molecule has 16 heavy (non-hydrogen) atoms. The van der Waals surface area contributed by atoms with Gasteiger partial charge in [0, 0.05) is 5.56 Å². The van der Waals surface area contributed by atoms with Crippen LogP contribution in [0.2, 0.25) is 5.02 Å². The van der Waals surface area contributed by atoms with Gasteiger partial charge in [-0.25, -0.2) is 9.78 Å². The van der Waals surface area contributed by atoms with Crippen LogP contribution in [-0.2, 0) is 4.74 Å². The number of rotatable bonds is 2. The zero-order chi connectivity index (χ0) is 11.5. The first-order valence-electron chi connectivity index (χ1n) is 4.59. The Balaban J connectivity index is 2.41. The molecule has 0 spiro atoms. The van der Waals surface area contributed by atoms with Crippen LogP contribution in [0.15, 0.2) is 30.7 Å². The number of imidazole rings is 1. The average Bonchev–Trinajstić information content (AvgIpc) is 2.81. The van der Waals surface area contributed by atoms with Gasteiger partial charge in [0.1, 0.15) is 0 Å². The van der Waals surface area contributed by atoms with Gasteiger partial charge in [0.2, 0.25) is 0 Å². The largest absolute Gasteiger partial charge is 0.465 e. The molecule has 0 atom stereocenters. The summed E-state index contributed by atoms with van der Waals surface area (Å²) in [6.45, 7) is 0. The molecular weight excluding hydrogens is 228 g/mol. The molecule has 0 aliphatic heterocycles. The molecule has 0 unspecified atom stereocenters. The Hall–Kier alpha value is -1.81. The van der Waals surface area contributed by atoms with Crippen LogP contribution in [0, 0.1) is 0 Å². The summed E-state index contributed by atoms with van der Waals surface area (Å²) in [7, 11) is 1.32. The Morgan fingerprint density at radius 2 is 2.31 bits per heavy atom. The van der Waals surface area contributed by atoms with Crippen molar-refractivity contribution in [1.29, 1.82) is 0 Å². The summed E-state index contributed by atoms with van der Waals surface area (Å²) in [6, 6.07) is 5.11. The molecule has 0 radical (unpaired) electrons. The number of esters is 1. The number of ether oxygens (including phenoxy) is 1. The summed E-state index contributed by atoms with van der Waals surface area (Å²) in [6.07, 6.45) is 3.26. The quantitative estimate of drug-likeness (QED) is 0.816. The van der Waals surface area contributed by atoms with E-state index in [1.807, 2.05) is 0 Å². The van der Waals surface area contributed by atoms with E-state index in [0.717, 1.165) is 11.3 Å². The predicted molar refractivity (Wildman–Crippen MR) is 60.4 cm³/mol. The zero-order valence-corrected chi connectivity index (χ0v) is 9.28. The Morgan fingerprint density at radius 3 is 2.88 bits per heavy atom. The summed E-state index contributed by atoms with van der Waals surface area (Å²) in [5, 5.41) is 0.360. The van der Waals surface area contributed by atoms with Gasteiger partial charge in [-0.2, -0.15) is 0 Å². The molecule has 2 aromatic rings. The van der Waals surface area contributed by atoms with Gasteiger partial charge in [0.15, 0.2) is 0 Å². The van der Waals surface area contributed by atoms with Crippen molar-refractivity contribution in [3.63, 3.8) is 0 Å². The number of methoxy groups -OCH3 is 1. The smallest absolute Gasteiger partial charge is 0.339 e. The van der Waals surface area contributed by atoms with E-state index in [2.05, 4.69) is 14.7 Å². The van der Waals surface area contributed by atoms with Gasteiger partial charge in [0.25, 0.3) is 0 Å². The molecule has 0 amide bonds. The number of hydrogen-bond acceptors (Lipinski definition) is 3. The summed E-state index contributed by atoms with van der Waals surface area (Å²) >= 11 is 5.98. The third-order valence-corrected chi connectivity index (χ3v) is 2.50. The Kier molecular flexibility index (Phi) is 2.92. The lowest BCUT2D eigenvalue weighted by Crippen LogP contribution is -2.01. The van der Waals surface area contributed by atoms with Crippen LogP contribution in [0.4, 0.5) is 0 Å². The fraction of sp³-hybridized carbons (Fsp3) is 0.0909. The second-order valence-electron chi connectivity index (χ2n) is 3.15. The van der Waals surface area contributed by atoms with Crippen molar-refractivity contribution in [2.75, 3.05) is 7.11 Å². The maximum absolute atomic E-state index is 11.3. The maximum Gasteiger partial charge on any atom is 0.339 e. The van der Waals surface area contributed by atoms with Gasteiger partial charge in [-0.15, -0.1) is 0 Å². The number of nitrogens with zero attached hydrogens (tertiary/aromatic N) is 1. The van der Waals surface area contributed by atoms with E-state index in [1.165, 1.54) is 7.11 Å². The number of hydrogen-bond donors (Lipinski definition) is 1. The van der Waals surface area contributed by atoms with Crippen LogP contribution in [0.3, 0.4) is 0 Å². The Labute approximate surface area is 97.2 Å². The minimum atomic E-state index is -0.443. The Morgan fingerprint density at radius 1 is 1.50 bits per heavy atom. The highest BCUT2D eigenvalue weighted by molar-refractivity contribution is 6.33. The molecule has 0 saturated carbocycles. The third-order valence-electron chi connectivity index (χ3n) is 2.18. The molecule has 1 N–H and O–H groups in total. The molecule has 4 nitrogen and oxygen atoms in total. The molecule has 82 valence electrons. The monoisotopic (exact) mass is 236 g/mol. The minimum absolute atomic E-state index is 0.354. The lowest BCUT2D eigenvalue weighted by atomic mass is 10.1. The number of halogens is 1. The molecule has 0 aliphatic carbocycles. The summed E-state index contributed by atoms with van der Waals surface area (Å²) in [5.74, 6) is -0.443. The van der Waals surface area contributed by atoms with E-state index in [1.54, 1.807) is 30.7 Å². The maximum atomic E-state index is 11.3. The van der Waals surface area contributed by atoms with Gasteiger partial charge in [-0.3, -0.25) is 0 Å². The molecule has 0 bridgehead atoms. The normalized spacial score (nSPS) is 10.1. The van der Waals surface area contributed by atoms with Crippen LogP contribution in [0.5, 0.6) is 0 Å². The number of H-pyrrole nitrogens is 1. The molecule has 0 aliphatic rings. The van der Waals surface area contributed by atoms with Crippen molar-refractivity contribution in [2.45, 2.75) is 0 Å². The van der Waals surface area contributed by atoms with Crippen molar-refractivity contribution in [3.8, 4) is 11.3 Å². The summed E-state index contributed by atoms with van der Waals surface area (Å²) < 4.78 is 4.60. The van der Waals surface area contributed by atoms with E-state index in [-0.39, 0.29) is 0 Å². The van der Waals surface area contributed by atoms with E-state index in [9.17, 15) is 4.79 Å². The molecule has 0 saturated heterocycles.